The van der Waals surface area contributed by atoms with Crippen molar-refractivity contribution in [3.8, 4) is 0 Å². The maximum atomic E-state index is 10.9. The molecule has 0 spiro atoms. The van der Waals surface area contributed by atoms with Crippen LogP contribution in [-0.2, 0) is 4.79 Å². The Labute approximate surface area is 134 Å². The molecule has 1 aliphatic heterocycles. The third-order valence-electron chi connectivity index (χ3n) is 5.11. The van der Waals surface area contributed by atoms with Gasteiger partial charge in [-0.15, -0.1) is 0 Å². The molecule has 1 saturated carbocycles. The van der Waals surface area contributed by atoms with Gasteiger partial charge in [-0.1, -0.05) is 50.1 Å². The summed E-state index contributed by atoms with van der Waals surface area (Å²) in [6.45, 7) is 3.36. The van der Waals surface area contributed by atoms with Gasteiger partial charge in [-0.05, 0) is 19.3 Å². The minimum atomic E-state index is 0.262. The number of oxime groups is 1. The first-order valence-electron chi connectivity index (χ1n) is 8.99. The van der Waals surface area contributed by atoms with Gasteiger partial charge in [0.05, 0.1) is 11.8 Å². The average Bonchev–Trinajstić information content (AvgIpc) is 2.55. The quantitative estimate of drug-likeness (QED) is 0.485. The molecule has 1 saturated heterocycles. The van der Waals surface area contributed by atoms with E-state index in [1.54, 1.807) is 0 Å². The molecule has 1 heterocycles. The fraction of sp³-hybridized carbons (Fsp3) is 0.882. The fourth-order valence-corrected chi connectivity index (χ4v) is 3.70. The van der Waals surface area contributed by atoms with Crippen LogP contribution in [0.3, 0.4) is 0 Å². The minimum Gasteiger partial charge on any atom is -0.411 e. The lowest BCUT2D eigenvalue weighted by Gasteiger charge is -2.38. The van der Waals surface area contributed by atoms with Crippen LogP contribution in [0.1, 0.15) is 64.2 Å². The molecule has 0 aromatic heterocycles. The Morgan fingerprint density at radius 2 is 1.50 bits per heavy atom. The molecule has 1 aliphatic carbocycles. The monoisotopic (exact) mass is 309 g/mol. The highest BCUT2D eigenvalue weighted by atomic mass is 16.4. The van der Waals surface area contributed by atoms with Crippen molar-refractivity contribution < 1.29 is 10.0 Å². The van der Waals surface area contributed by atoms with Crippen molar-refractivity contribution in [3.05, 3.63) is 0 Å². The van der Waals surface area contributed by atoms with Crippen LogP contribution in [0.5, 0.6) is 0 Å². The van der Waals surface area contributed by atoms with Gasteiger partial charge < -0.3 is 10.1 Å². The summed E-state index contributed by atoms with van der Waals surface area (Å²) in [6.07, 6.45) is 13.1. The van der Waals surface area contributed by atoms with E-state index in [4.69, 9.17) is 0 Å². The Kier molecular flexibility index (Phi) is 7.71. The standard InChI is InChI=1S/C17H31N3O2/c21-15-19-11-13-20(14-12-19)17-10-8-6-4-2-1-3-5-7-9-16(17)18-22/h15,17,22H,1-14H2. The van der Waals surface area contributed by atoms with Crippen LogP contribution in [0.2, 0.25) is 0 Å². The summed E-state index contributed by atoms with van der Waals surface area (Å²) >= 11 is 0. The molecule has 5 nitrogen and oxygen atoms in total. The van der Waals surface area contributed by atoms with Gasteiger partial charge in [0.25, 0.3) is 0 Å². The fourth-order valence-electron chi connectivity index (χ4n) is 3.70. The lowest BCUT2D eigenvalue weighted by atomic mass is 9.95. The highest BCUT2D eigenvalue weighted by Gasteiger charge is 2.27. The third-order valence-corrected chi connectivity index (χ3v) is 5.11. The number of nitrogens with zero attached hydrogens (tertiary/aromatic N) is 3. The smallest absolute Gasteiger partial charge is 0.209 e. The van der Waals surface area contributed by atoms with E-state index in [9.17, 15) is 10.0 Å². The summed E-state index contributed by atoms with van der Waals surface area (Å²) in [6, 6.07) is 0.262. The molecule has 2 aliphatic rings. The van der Waals surface area contributed by atoms with E-state index in [0.717, 1.165) is 57.6 Å². The Morgan fingerprint density at radius 3 is 2.09 bits per heavy atom. The summed E-state index contributed by atoms with van der Waals surface area (Å²) < 4.78 is 0. The molecule has 1 N–H and O–H groups in total. The molecule has 2 rings (SSSR count). The highest BCUT2D eigenvalue weighted by Crippen LogP contribution is 2.20. The van der Waals surface area contributed by atoms with E-state index in [0.29, 0.717) is 0 Å². The Morgan fingerprint density at radius 1 is 0.909 bits per heavy atom. The lowest BCUT2D eigenvalue weighted by molar-refractivity contribution is -0.119. The van der Waals surface area contributed by atoms with Crippen LogP contribution in [0.4, 0.5) is 0 Å². The minimum absolute atomic E-state index is 0.262. The topological polar surface area (TPSA) is 56.1 Å². The Balaban J connectivity index is 1.96. The van der Waals surface area contributed by atoms with E-state index >= 15 is 0 Å². The van der Waals surface area contributed by atoms with E-state index in [1.165, 1.54) is 44.9 Å². The first-order valence-corrected chi connectivity index (χ1v) is 8.99. The van der Waals surface area contributed by atoms with Crippen LogP contribution in [0, 0.1) is 0 Å². The number of carbonyl (C=O) groups is 1. The number of amides is 1. The van der Waals surface area contributed by atoms with Gasteiger partial charge in [0, 0.05) is 26.2 Å². The van der Waals surface area contributed by atoms with Crippen molar-refractivity contribution >= 4 is 12.1 Å². The van der Waals surface area contributed by atoms with Crippen molar-refractivity contribution in [2.75, 3.05) is 26.2 Å². The molecule has 0 aromatic carbocycles. The zero-order valence-corrected chi connectivity index (χ0v) is 13.8. The maximum Gasteiger partial charge on any atom is 0.209 e. The Hall–Kier alpha value is -1.10. The van der Waals surface area contributed by atoms with Crippen LogP contribution < -0.4 is 0 Å². The molecule has 0 radical (unpaired) electrons. The summed E-state index contributed by atoms with van der Waals surface area (Å²) in [7, 11) is 0. The van der Waals surface area contributed by atoms with E-state index in [-0.39, 0.29) is 6.04 Å². The molecule has 126 valence electrons. The van der Waals surface area contributed by atoms with E-state index < -0.39 is 0 Å². The highest BCUT2D eigenvalue weighted by molar-refractivity contribution is 5.89. The molecule has 22 heavy (non-hydrogen) atoms. The number of hydrogen-bond acceptors (Lipinski definition) is 4. The summed E-state index contributed by atoms with van der Waals surface area (Å²) in [5.74, 6) is 0. The molecule has 1 unspecified atom stereocenters. The first kappa shape index (κ1) is 17.3. The second-order valence-electron chi connectivity index (χ2n) is 6.65. The molecule has 1 amide bonds. The average molecular weight is 309 g/mol. The normalized spacial score (nSPS) is 28.8. The van der Waals surface area contributed by atoms with Gasteiger partial charge in [0.1, 0.15) is 0 Å². The van der Waals surface area contributed by atoms with Gasteiger partial charge in [-0.25, -0.2) is 0 Å². The van der Waals surface area contributed by atoms with E-state index in [1.807, 2.05) is 4.90 Å². The Bertz CT molecular complexity index is 352. The molecular formula is C17H31N3O2. The number of hydrogen-bond donors (Lipinski definition) is 1. The van der Waals surface area contributed by atoms with Crippen molar-refractivity contribution in [2.24, 2.45) is 5.16 Å². The third kappa shape index (κ3) is 5.27. The van der Waals surface area contributed by atoms with Crippen molar-refractivity contribution in [3.63, 3.8) is 0 Å². The predicted octanol–water partition coefficient (Wildman–Crippen LogP) is 2.87. The molecule has 0 aromatic rings. The largest absolute Gasteiger partial charge is 0.411 e. The molecule has 2 fully saturated rings. The van der Waals surface area contributed by atoms with Crippen LogP contribution in [-0.4, -0.2) is 59.3 Å². The zero-order valence-electron chi connectivity index (χ0n) is 13.8. The number of piperazine rings is 1. The first-order chi connectivity index (χ1) is 10.8. The van der Waals surface area contributed by atoms with Gasteiger partial charge >= 0.3 is 0 Å². The van der Waals surface area contributed by atoms with Crippen LogP contribution in [0.15, 0.2) is 5.16 Å². The lowest BCUT2D eigenvalue weighted by Crippen LogP contribution is -2.52. The van der Waals surface area contributed by atoms with Crippen LogP contribution >= 0.6 is 0 Å². The van der Waals surface area contributed by atoms with Gasteiger partial charge in [0.2, 0.25) is 6.41 Å². The van der Waals surface area contributed by atoms with Gasteiger partial charge in [-0.3, -0.25) is 9.69 Å². The van der Waals surface area contributed by atoms with E-state index in [2.05, 4.69) is 10.1 Å². The molecule has 1 atom stereocenters. The summed E-state index contributed by atoms with van der Waals surface area (Å²) in [4.78, 5) is 15.1. The predicted molar refractivity (Wildman–Crippen MR) is 88.4 cm³/mol. The molecule has 0 bridgehead atoms. The van der Waals surface area contributed by atoms with Crippen LogP contribution in [0.25, 0.3) is 0 Å². The zero-order chi connectivity index (χ0) is 15.6. The summed E-state index contributed by atoms with van der Waals surface area (Å²) in [5, 5.41) is 13.2. The SMILES string of the molecule is O=CN1CCN(C2CCCCCCCCCCC2=NO)CC1. The number of carbonyl (C=O) groups excluding carboxylic acids is 1. The number of rotatable bonds is 2. The molecular weight excluding hydrogens is 278 g/mol. The molecule has 5 heteroatoms. The van der Waals surface area contributed by atoms with Crippen molar-refractivity contribution in [1.82, 2.24) is 9.80 Å². The van der Waals surface area contributed by atoms with Crippen molar-refractivity contribution in [1.29, 1.82) is 0 Å². The maximum absolute atomic E-state index is 10.9. The van der Waals surface area contributed by atoms with Crippen molar-refractivity contribution in [2.45, 2.75) is 70.3 Å². The second-order valence-corrected chi connectivity index (χ2v) is 6.65. The summed E-state index contributed by atoms with van der Waals surface area (Å²) in [5.41, 5.74) is 0.958. The second kappa shape index (κ2) is 9.82. The van der Waals surface area contributed by atoms with Gasteiger partial charge in [0.15, 0.2) is 0 Å². The van der Waals surface area contributed by atoms with Gasteiger partial charge in [-0.2, -0.15) is 0 Å².